The fourth-order valence-electron chi connectivity index (χ4n) is 2.44. The maximum absolute atomic E-state index is 12.1. The minimum Gasteiger partial charge on any atom is -0.352 e. The minimum atomic E-state index is -0.168. The van der Waals surface area contributed by atoms with Gasteiger partial charge in [0.2, 0.25) is 5.91 Å². The SMILES string of the molecule is CC(C)(C)c1ccccc1NC(=O)CCNC(=O)c1ccccc1. The Morgan fingerprint density at radius 1 is 0.917 bits per heavy atom. The third kappa shape index (κ3) is 4.95. The van der Waals surface area contributed by atoms with Crippen molar-refractivity contribution in [2.24, 2.45) is 0 Å². The van der Waals surface area contributed by atoms with E-state index in [-0.39, 0.29) is 23.7 Å². The first kappa shape index (κ1) is 17.7. The van der Waals surface area contributed by atoms with E-state index in [0.717, 1.165) is 11.3 Å². The second-order valence-electron chi connectivity index (χ2n) is 6.72. The summed E-state index contributed by atoms with van der Waals surface area (Å²) in [5.41, 5.74) is 2.46. The Morgan fingerprint density at radius 2 is 1.54 bits per heavy atom. The molecule has 0 spiro atoms. The lowest BCUT2D eigenvalue weighted by Gasteiger charge is -2.23. The first-order chi connectivity index (χ1) is 11.4. The van der Waals surface area contributed by atoms with Crippen LogP contribution in [0.1, 0.15) is 43.1 Å². The Morgan fingerprint density at radius 3 is 2.21 bits per heavy atom. The van der Waals surface area contributed by atoms with Crippen molar-refractivity contribution >= 4 is 17.5 Å². The van der Waals surface area contributed by atoms with Crippen LogP contribution in [0.4, 0.5) is 5.69 Å². The van der Waals surface area contributed by atoms with Gasteiger partial charge in [-0.25, -0.2) is 0 Å². The zero-order valence-electron chi connectivity index (χ0n) is 14.4. The average molecular weight is 324 g/mol. The van der Waals surface area contributed by atoms with Crippen molar-refractivity contribution in [3.05, 3.63) is 65.7 Å². The van der Waals surface area contributed by atoms with E-state index >= 15 is 0 Å². The van der Waals surface area contributed by atoms with Gasteiger partial charge in [0, 0.05) is 24.2 Å². The number of benzene rings is 2. The number of carbonyl (C=O) groups is 2. The van der Waals surface area contributed by atoms with Crippen molar-refractivity contribution in [1.82, 2.24) is 5.32 Å². The zero-order chi connectivity index (χ0) is 17.6. The Bertz CT molecular complexity index is 703. The molecule has 2 aromatic rings. The monoisotopic (exact) mass is 324 g/mol. The van der Waals surface area contributed by atoms with E-state index in [2.05, 4.69) is 31.4 Å². The Hall–Kier alpha value is -2.62. The van der Waals surface area contributed by atoms with Crippen molar-refractivity contribution in [3.8, 4) is 0 Å². The third-order valence-corrected chi connectivity index (χ3v) is 3.68. The maximum atomic E-state index is 12.1. The Balaban J connectivity index is 1.88. The van der Waals surface area contributed by atoms with Crippen LogP contribution in [0.3, 0.4) is 0 Å². The molecule has 0 aliphatic heterocycles. The molecule has 2 rings (SSSR count). The van der Waals surface area contributed by atoms with Crippen LogP contribution in [0.2, 0.25) is 0 Å². The van der Waals surface area contributed by atoms with Gasteiger partial charge in [-0.1, -0.05) is 57.2 Å². The van der Waals surface area contributed by atoms with Gasteiger partial charge < -0.3 is 10.6 Å². The molecule has 0 saturated heterocycles. The molecule has 0 bridgehead atoms. The molecule has 2 aromatic carbocycles. The summed E-state index contributed by atoms with van der Waals surface area (Å²) in [6.07, 6.45) is 0.233. The molecule has 2 N–H and O–H groups in total. The molecule has 0 unspecified atom stereocenters. The number of para-hydroxylation sites is 1. The molecule has 4 heteroatoms. The number of anilines is 1. The molecular formula is C20H24N2O2. The smallest absolute Gasteiger partial charge is 0.251 e. The number of nitrogens with one attached hydrogen (secondary N) is 2. The van der Waals surface area contributed by atoms with Crippen LogP contribution in [-0.4, -0.2) is 18.4 Å². The van der Waals surface area contributed by atoms with E-state index in [1.165, 1.54) is 0 Å². The summed E-state index contributed by atoms with van der Waals surface area (Å²) in [6.45, 7) is 6.63. The molecule has 126 valence electrons. The van der Waals surface area contributed by atoms with Crippen molar-refractivity contribution < 1.29 is 9.59 Å². The summed E-state index contributed by atoms with van der Waals surface area (Å²) in [5.74, 6) is -0.279. The number of rotatable bonds is 5. The van der Waals surface area contributed by atoms with E-state index in [1.807, 2.05) is 42.5 Å². The lowest BCUT2D eigenvalue weighted by atomic mass is 9.86. The van der Waals surface area contributed by atoms with E-state index in [4.69, 9.17) is 0 Å². The van der Waals surface area contributed by atoms with Gasteiger partial charge in [-0.2, -0.15) is 0 Å². The maximum Gasteiger partial charge on any atom is 0.251 e. The van der Waals surface area contributed by atoms with Gasteiger partial charge in [-0.15, -0.1) is 0 Å². The molecule has 0 radical (unpaired) electrons. The molecule has 2 amide bonds. The van der Waals surface area contributed by atoms with Crippen LogP contribution in [-0.2, 0) is 10.2 Å². The molecule has 0 fully saturated rings. The van der Waals surface area contributed by atoms with Crippen LogP contribution in [0.15, 0.2) is 54.6 Å². The topological polar surface area (TPSA) is 58.2 Å². The summed E-state index contributed by atoms with van der Waals surface area (Å²) >= 11 is 0. The van der Waals surface area contributed by atoms with Crippen molar-refractivity contribution in [3.63, 3.8) is 0 Å². The van der Waals surface area contributed by atoms with Gasteiger partial charge in [-0.05, 0) is 29.2 Å². The number of carbonyl (C=O) groups excluding carboxylic acids is 2. The van der Waals surface area contributed by atoms with Gasteiger partial charge in [0.05, 0.1) is 0 Å². The third-order valence-electron chi connectivity index (χ3n) is 3.68. The molecule has 0 aliphatic rings. The average Bonchev–Trinajstić information content (AvgIpc) is 2.55. The van der Waals surface area contributed by atoms with E-state index in [9.17, 15) is 9.59 Å². The van der Waals surface area contributed by atoms with Crippen LogP contribution in [0, 0.1) is 0 Å². The second-order valence-corrected chi connectivity index (χ2v) is 6.72. The quantitative estimate of drug-likeness (QED) is 0.880. The fraction of sp³-hybridized carbons (Fsp3) is 0.300. The van der Waals surface area contributed by atoms with Gasteiger partial charge in [0.25, 0.3) is 5.91 Å². The molecule has 0 heterocycles. The second kappa shape index (κ2) is 7.77. The highest BCUT2D eigenvalue weighted by Crippen LogP contribution is 2.29. The molecule has 0 saturated carbocycles. The highest BCUT2D eigenvalue weighted by atomic mass is 16.2. The van der Waals surface area contributed by atoms with Crippen molar-refractivity contribution in [2.75, 3.05) is 11.9 Å². The summed E-state index contributed by atoms with van der Waals surface area (Å²) < 4.78 is 0. The predicted octanol–water partition coefficient (Wildman–Crippen LogP) is 3.74. The van der Waals surface area contributed by atoms with Gasteiger partial charge in [-0.3, -0.25) is 9.59 Å². The van der Waals surface area contributed by atoms with Gasteiger partial charge in [0.1, 0.15) is 0 Å². The van der Waals surface area contributed by atoms with Crippen LogP contribution in [0.25, 0.3) is 0 Å². The van der Waals surface area contributed by atoms with Gasteiger partial charge in [0.15, 0.2) is 0 Å². The Kier molecular flexibility index (Phi) is 5.74. The first-order valence-corrected chi connectivity index (χ1v) is 8.10. The highest BCUT2D eigenvalue weighted by molar-refractivity contribution is 5.95. The summed E-state index contributed by atoms with van der Waals surface area (Å²) in [4.78, 5) is 24.1. The van der Waals surface area contributed by atoms with Crippen molar-refractivity contribution in [1.29, 1.82) is 0 Å². The number of amides is 2. The van der Waals surface area contributed by atoms with E-state index in [0.29, 0.717) is 12.1 Å². The number of hydrogen-bond acceptors (Lipinski definition) is 2. The molecule has 24 heavy (non-hydrogen) atoms. The lowest BCUT2D eigenvalue weighted by molar-refractivity contribution is -0.116. The summed E-state index contributed by atoms with van der Waals surface area (Å²) in [7, 11) is 0. The highest BCUT2D eigenvalue weighted by Gasteiger charge is 2.18. The molecule has 0 aliphatic carbocycles. The summed E-state index contributed by atoms with van der Waals surface area (Å²) in [5, 5.41) is 5.70. The minimum absolute atomic E-state index is 0.0502. The summed E-state index contributed by atoms with van der Waals surface area (Å²) in [6, 6.07) is 16.8. The molecule has 0 aromatic heterocycles. The van der Waals surface area contributed by atoms with E-state index < -0.39 is 0 Å². The standard InChI is InChI=1S/C20H24N2O2/c1-20(2,3)16-11-7-8-12-17(16)22-18(23)13-14-21-19(24)15-9-5-4-6-10-15/h4-12H,13-14H2,1-3H3,(H,21,24)(H,22,23). The van der Waals surface area contributed by atoms with E-state index in [1.54, 1.807) is 12.1 Å². The van der Waals surface area contributed by atoms with Gasteiger partial charge >= 0.3 is 0 Å². The predicted molar refractivity (Wildman–Crippen MR) is 97.2 cm³/mol. The zero-order valence-corrected chi connectivity index (χ0v) is 14.4. The Labute approximate surface area is 143 Å². The van der Waals surface area contributed by atoms with Crippen LogP contribution in [0.5, 0.6) is 0 Å². The lowest BCUT2D eigenvalue weighted by Crippen LogP contribution is -2.28. The fourth-order valence-corrected chi connectivity index (χ4v) is 2.44. The molecule has 0 atom stereocenters. The van der Waals surface area contributed by atoms with Crippen LogP contribution < -0.4 is 10.6 Å². The molecular weight excluding hydrogens is 300 g/mol. The first-order valence-electron chi connectivity index (χ1n) is 8.10. The number of hydrogen-bond donors (Lipinski definition) is 2. The normalized spacial score (nSPS) is 11.0. The largest absolute Gasteiger partial charge is 0.352 e. The molecule has 4 nitrogen and oxygen atoms in total. The van der Waals surface area contributed by atoms with Crippen molar-refractivity contribution in [2.45, 2.75) is 32.6 Å². The van der Waals surface area contributed by atoms with Crippen LogP contribution >= 0.6 is 0 Å².